The molecule has 0 amide bonds. The Hall–Kier alpha value is 0.270. The Morgan fingerprint density at radius 1 is 1.43 bits per heavy atom. The molecule has 0 aromatic heterocycles. The maximum absolute atomic E-state index is 5.87. The molecule has 1 rings (SSSR count). The lowest BCUT2D eigenvalue weighted by Crippen LogP contribution is -2.30. The van der Waals surface area contributed by atoms with E-state index in [0.29, 0.717) is 6.10 Å². The first-order valence-corrected chi connectivity index (χ1v) is 6.20. The van der Waals surface area contributed by atoms with Crippen molar-refractivity contribution in [3.63, 3.8) is 0 Å². The van der Waals surface area contributed by atoms with Crippen molar-refractivity contribution in [1.29, 1.82) is 0 Å². The maximum atomic E-state index is 5.87. The fraction of sp³-hybridized carbons (Fsp3) is 1.00. The summed E-state index contributed by atoms with van der Waals surface area (Å²) in [4.78, 5) is 0. The zero-order chi connectivity index (χ0) is 10.4. The topological polar surface area (TPSA) is 18.5 Å². The SMILES string of the molecule is CCC(CC)(CS)COC1CCOC1. The molecule has 84 valence electrons. The lowest BCUT2D eigenvalue weighted by Gasteiger charge is -2.30. The quantitative estimate of drug-likeness (QED) is 0.691. The number of rotatable bonds is 6. The predicted molar refractivity (Wildman–Crippen MR) is 62.0 cm³/mol. The number of thiol groups is 1. The van der Waals surface area contributed by atoms with Crippen LogP contribution in [-0.4, -0.2) is 31.7 Å². The third-order valence-corrected chi connectivity index (χ3v) is 4.02. The number of ether oxygens (including phenoxy) is 2. The van der Waals surface area contributed by atoms with Crippen LogP contribution >= 0.6 is 12.6 Å². The van der Waals surface area contributed by atoms with Crippen LogP contribution in [0.3, 0.4) is 0 Å². The third-order valence-electron chi connectivity index (χ3n) is 3.35. The van der Waals surface area contributed by atoms with E-state index in [1.807, 2.05) is 0 Å². The van der Waals surface area contributed by atoms with Crippen LogP contribution in [0.2, 0.25) is 0 Å². The van der Waals surface area contributed by atoms with Crippen LogP contribution in [0.15, 0.2) is 0 Å². The normalized spacial score (nSPS) is 22.9. The van der Waals surface area contributed by atoms with Gasteiger partial charge >= 0.3 is 0 Å². The molecule has 0 N–H and O–H groups in total. The minimum atomic E-state index is 0.270. The Morgan fingerprint density at radius 3 is 2.57 bits per heavy atom. The molecule has 0 spiro atoms. The molecule has 1 saturated heterocycles. The van der Waals surface area contributed by atoms with Crippen LogP contribution < -0.4 is 0 Å². The average Bonchev–Trinajstić information content (AvgIpc) is 2.74. The summed E-state index contributed by atoms with van der Waals surface area (Å²) in [6.45, 7) is 6.90. The fourth-order valence-electron chi connectivity index (χ4n) is 1.66. The summed E-state index contributed by atoms with van der Waals surface area (Å²) in [6.07, 6.45) is 3.66. The summed E-state index contributed by atoms with van der Waals surface area (Å²) >= 11 is 4.43. The molecule has 0 saturated carbocycles. The van der Waals surface area contributed by atoms with Crippen molar-refractivity contribution < 1.29 is 9.47 Å². The van der Waals surface area contributed by atoms with Crippen molar-refractivity contribution in [2.45, 2.75) is 39.2 Å². The maximum Gasteiger partial charge on any atom is 0.0830 e. The standard InChI is InChI=1S/C11H22O2S/c1-3-11(4-2,9-14)8-13-10-5-6-12-7-10/h10,14H,3-9H2,1-2H3. The van der Waals surface area contributed by atoms with Crippen molar-refractivity contribution in [3.05, 3.63) is 0 Å². The van der Waals surface area contributed by atoms with Gasteiger partial charge in [0, 0.05) is 12.0 Å². The molecule has 1 unspecified atom stereocenters. The summed E-state index contributed by atoms with van der Waals surface area (Å²) in [5.41, 5.74) is 0.270. The van der Waals surface area contributed by atoms with Crippen molar-refractivity contribution in [3.8, 4) is 0 Å². The highest BCUT2D eigenvalue weighted by molar-refractivity contribution is 7.80. The van der Waals surface area contributed by atoms with Crippen LogP contribution in [0.1, 0.15) is 33.1 Å². The average molecular weight is 218 g/mol. The monoisotopic (exact) mass is 218 g/mol. The van der Waals surface area contributed by atoms with Gasteiger partial charge in [-0.3, -0.25) is 0 Å². The Labute approximate surface area is 92.8 Å². The predicted octanol–water partition coefficient (Wildman–Crippen LogP) is 2.53. The summed E-state index contributed by atoms with van der Waals surface area (Å²) < 4.78 is 11.1. The van der Waals surface area contributed by atoms with Crippen LogP contribution in [0, 0.1) is 5.41 Å². The van der Waals surface area contributed by atoms with Crippen molar-refractivity contribution in [1.82, 2.24) is 0 Å². The third kappa shape index (κ3) is 3.14. The van der Waals surface area contributed by atoms with Gasteiger partial charge in [-0.1, -0.05) is 13.8 Å². The Morgan fingerprint density at radius 2 is 2.14 bits per heavy atom. The van der Waals surface area contributed by atoms with E-state index in [1.54, 1.807) is 0 Å². The van der Waals surface area contributed by atoms with E-state index in [-0.39, 0.29) is 5.41 Å². The molecule has 1 atom stereocenters. The minimum absolute atomic E-state index is 0.270. The summed E-state index contributed by atoms with van der Waals surface area (Å²) in [6, 6.07) is 0. The number of hydrogen-bond acceptors (Lipinski definition) is 3. The molecule has 2 nitrogen and oxygen atoms in total. The molecule has 0 bridgehead atoms. The molecule has 0 aromatic carbocycles. The first kappa shape index (κ1) is 12.3. The second-order valence-electron chi connectivity index (χ2n) is 4.16. The van der Waals surface area contributed by atoms with Crippen LogP contribution in [0.25, 0.3) is 0 Å². The fourth-order valence-corrected chi connectivity index (χ4v) is 2.20. The molecule has 3 heteroatoms. The zero-order valence-electron chi connectivity index (χ0n) is 9.29. The second kappa shape index (κ2) is 5.99. The zero-order valence-corrected chi connectivity index (χ0v) is 10.2. The molecular weight excluding hydrogens is 196 g/mol. The minimum Gasteiger partial charge on any atom is -0.379 e. The molecular formula is C11H22O2S. The highest BCUT2D eigenvalue weighted by atomic mass is 32.1. The molecule has 14 heavy (non-hydrogen) atoms. The Kier molecular flexibility index (Phi) is 5.28. The molecule has 0 aromatic rings. The largest absolute Gasteiger partial charge is 0.379 e. The van der Waals surface area contributed by atoms with E-state index >= 15 is 0 Å². The van der Waals surface area contributed by atoms with E-state index in [1.165, 1.54) is 0 Å². The van der Waals surface area contributed by atoms with Gasteiger partial charge in [0.15, 0.2) is 0 Å². The summed E-state index contributed by atoms with van der Waals surface area (Å²) in [5.74, 6) is 0.910. The Balaban J connectivity index is 2.31. The molecule has 0 radical (unpaired) electrons. The molecule has 1 fully saturated rings. The van der Waals surface area contributed by atoms with Gasteiger partial charge in [0.05, 0.1) is 19.3 Å². The van der Waals surface area contributed by atoms with Gasteiger partial charge in [-0.05, 0) is 25.0 Å². The first-order valence-electron chi connectivity index (χ1n) is 5.56. The van der Waals surface area contributed by atoms with Gasteiger partial charge in [0.1, 0.15) is 0 Å². The van der Waals surface area contributed by atoms with E-state index in [9.17, 15) is 0 Å². The van der Waals surface area contributed by atoms with E-state index in [4.69, 9.17) is 9.47 Å². The summed E-state index contributed by atoms with van der Waals surface area (Å²) in [7, 11) is 0. The Bertz CT molecular complexity index is 143. The number of hydrogen-bond donors (Lipinski definition) is 1. The van der Waals surface area contributed by atoms with Gasteiger partial charge in [0.2, 0.25) is 0 Å². The molecule has 1 aliphatic rings. The van der Waals surface area contributed by atoms with Crippen molar-refractivity contribution in [2.24, 2.45) is 5.41 Å². The van der Waals surface area contributed by atoms with E-state index < -0.39 is 0 Å². The smallest absolute Gasteiger partial charge is 0.0830 e. The highest BCUT2D eigenvalue weighted by Crippen LogP contribution is 2.29. The second-order valence-corrected chi connectivity index (χ2v) is 4.48. The van der Waals surface area contributed by atoms with Gasteiger partial charge in [0.25, 0.3) is 0 Å². The van der Waals surface area contributed by atoms with E-state index in [0.717, 1.165) is 44.8 Å². The van der Waals surface area contributed by atoms with Gasteiger partial charge in [-0.2, -0.15) is 12.6 Å². The van der Waals surface area contributed by atoms with Gasteiger partial charge < -0.3 is 9.47 Å². The highest BCUT2D eigenvalue weighted by Gasteiger charge is 2.27. The molecule has 1 heterocycles. The first-order chi connectivity index (χ1) is 6.76. The van der Waals surface area contributed by atoms with Crippen molar-refractivity contribution >= 4 is 12.6 Å². The lowest BCUT2D eigenvalue weighted by molar-refractivity contribution is -0.00820. The van der Waals surface area contributed by atoms with Gasteiger partial charge in [-0.15, -0.1) is 0 Å². The summed E-state index contributed by atoms with van der Waals surface area (Å²) in [5, 5.41) is 0. The lowest BCUT2D eigenvalue weighted by atomic mass is 9.85. The van der Waals surface area contributed by atoms with Crippen LogP contribution in [0.5, 0.6) is 0 Å². The molecule has 1 aliphatic heterocycles. The van der Waals surface area contributed by atoms with Crippen LogP contribution in [-0.2, 0) is 9.47 Å². The van der Waals surface area contributed by atoms with Crippen LogP contribution in [0.4, 0.5) is 0 Å². The van der Waals surface area contributed by atoms with Crippen molar-refractivity contribution in [2.75, 3.05) is 25.6 Å². The molecule has 0 aliphatic carbocycles. The van der Waals surface area contributed by atoms with Gasteiger partial charge in [-0.25, -0.2) is 0 Å². The van der Waals surface area contributed by atoms with E-state index in [2.05, 4.69) is 26.5 Å².